The monoisotopic (exact) mass is 283 g/mol. The molecular formula is C18H25N3. The highest BCUT2D eigenvalue weighted by molar-refractivity contribution is 5.61. The van der Waals surface area contributed by atoms with E-state index in [9.17, 15) is 0 Å². The van der Waals surface area contributed by atoms with Crippen molar-refractivity contribution in [3.63, 3.8) is 0 Å². The van der Waals surface area contributed by atoms with Crippen molar-refractivity contribution in [1.82, 2.24) is 9.55 Å². The molecule has 0 amide bonds. The predicted molar refractivity (Wildman–Crippen MR) is 87.8 cm³/mol. The number of aromatic nitrogens is 2. The molecule has 0 spiro atoms. The third-order valence-electron chi connectivity index (χ3n) is 4.70. The van der Waals surface area contributed by atoms with E-state index in [-0.39, 0.29) is 0 Å². The molecule has 2 unspecified atom stereocenters. The lowest BCUT2D eigenvalue weighted by molar-refractivity contribution is 0.254. The van der Waals surface area contributed by atoms with Gasteiger partial charge in [0.15, 0.2) is 0 Å². The maximum Gasteiger partial charge on any atom is 0.0992 e. The smallest absolute Gasteiger partial charge is 0.0992 e. The van der Waals surface area contributed by atoms with Crippen molar-refractivity contribution in [2.24, 2.45) is 11.8 Å². The number of hydrogen-bond donors (Lipinski definition) is 1. The molecule has 2 atom stereocenters. The summed E-state index contributed by atoms with van der Waals surface area (Å²) in [6.07, 6.45) is 11.0. The molecule has 0 saturated heterocycles. The molecule has 3 nitrogen and oxygen atoms in total. The third kappa shape index (κ3) is 3.12. The van der Waals surface area contributed by atoms with Crippen LogP contribution in [0.15, 0.2) is 43.0 Å². The normalized spacial score (nSPS) is 22.4. The maximum absolute atomic E-state index is 4.16. The van der Waals surface area contributed by atoms with Crippen molar-refractivity contribution in [3.05, 3.63) is 43.0 Å². The Hall–Kier alpha value is -1.77. The molecule has 2 aromatic rings. The van der Waals surface area contributed by atoms with Crippen LogP contribution in [0.4, 0.5) is 5.69 Å². The fourth-order valence-corrected chi connectivity index (χ4v) is 3.56. The van der Waals surface area contributed by atoms with Gasteiger partial charge in [-0.25, -0.2) is 4.98 Å². The minimum Gasteiger partial charge on any atom is -0.380 e. The summed E-state index contributed by atoms with van der Waals surface area (Å²) in [5, 5.41) is 3.82. The van der Waals surface area contributed by atoms with Gasteiger partial charge in [-0.1, -0.05) is 38.8 Å². The van der Waals surface area contributed by atoms with Gasteiger partial charge in [0.1, 0.15) is 0 Å². The number of rotatable bonds is 4. The Bertz CT molecular complexity index is 560. The van der Waals surface area contributed by atoms with E-state index in [0.29, 0.717) is 6.04 Å². The summed E-state index contributed by atoms with van der Waals surface area (Å²) in [6.45, 7) is 4.71. The zero-order valence-corrected chi connectivity index (χ0v) is 13.0. The molecule has 1 aliphatic rings. The molecule has 112 valence electrons. The predicted octanol–water partition coefficient (Wildman–Crippen LogP) is 4.50. The summed E-state index contributed by atoms with van der Waals surface area (Å²) in [7, 11) is 0. The number of benzene rings is 1. The zero-order valence-electron chi connectivity index (χ0n) is 13.0. The van der Waals surface area contributed by atoms with Gasteiger partial charge >= 0.3 is 0 Å². The second-order valence-corrected chi connectivity index (χ2v) is 6.43. The molecule has 1 saturated carbocycles. The average molecular weight is 283 g/mol. The van der Waals surface area contributed by atoms with E-state index in [1.54, 1.807) is 0 Å². The van der Waals surface area contributed by atoms with Crippen LogP contribution >= 0.6 is 0 Å². The molecule has 1 fully saturated rings. The van der Waals surface area contributed by atoms with Gasteiger partial charge in [0.05, 0.1) is 17.7 Å². The minimum atomic E-state index is 0.587. The summed E-state index contributed by atoms with van der Waals surface area (Å²) >= 11 is 0. The van der Waals surface area contributed by atoms with Crippen LogP contribution in [0.5, 0.6) is 0 Å². The fourth-order valence-electron chi connectivity index (χ4n) is 3.56. The number of anilines is 1. The van der Waals surface area contributed by atoms with Gasteiger partial charge < -0.3 is 9.88 Å². The third-order valence-corrected chi connectivity index (χ3v) is 4.70. The minimum absolute atomic E-state index is 0.587. The zero-order chi connectivity index (χ0) is 14.7. The van der Waals surface area contributed by atoms with E-state index in [1.807, 2.05) is 18.7 Å². The molecule has 3 rings (SSSR count). The van der Waals surface area contributed by atoms with Crippen LogP contribution in [0.2, 0.25) is 0 Å². The van der Waals surface area contributed by atoms with Gasteiger partial charge in [-0.2, -0.15) is 0 Å². The SMILES string of the molecule is CC(C)C1CCCCC1Nc1ccccc1-n1ccnc1. The Morgan fingerprint density at radius 1 is 1.19 bits per heavy atom. The first-order chi connectivity index (χ1) is 10.3. The van der Waals surface area contributed by atoms with Crippen LogP contribution in [0, 0.1) is 11.8 Å². The van der Waals surface area contributed by atoms with Crippen LogP contribution < -0.4 is 5.32 Å². The van der Waals surface area contributed by atoms with Crippen molar-refractivity contribution in [1.29, 1.82) is 0 Å². The van der Waals surface area contributed by atoms with Gasteiger partial charge in [-0.15, -0.1) is 0 Å². The Labute approximate surface area is 127 Å². The van der Waals surface area contributed by atoms with Crippen LogP contribution in [-0.4, -0.2) is 15.6 Å². The molecule has 1 N–H and O–H groups in total. The molecule has 0 bridgehead atoms. The molecule has 1 heterocycles. The molecule has 0 radical (unpaired) electrons. The number of imidazole rings is 1. The highest BCUT2D eigenvalue weighted by Crippen LogP contribution is 2.33. The van der Waals surface area contributed by atoms with E-state index >= 15 is 0 Å². The van der Waals surface area contributed by atoms with Crippen molar-refractivity contribution >= 4 is 5.69 Å². The van der Waals surface area contributed by atoms with E-state index in [0.717, 1.165) is 11.8 Å². The molecule has 21 heavy (non-hydrogen) atoms. The molecule has 1 aliphatic carbocycles. The van der Waals surface area contributed by atoms with Crippen molar-refractivity contribution in [2.75, 3.05) is 5.32 Å². The highest BCUT2D eigenvalue weighted by atomic mass is 15.1. The number of para-hydroxylation sites is 2. The van der Waals surface area contributed by atoms with Crippen LogP contribution in [0.3, 0.4) is 0 Å². The van der Waals surface area contributed by atoms with Gasteiger partial charge in [-0.3, -0.25) is 0 Å². The lowest BCUT2D eigenvalue weighted by Crippen LogP contribution is -2.35. The largest absolute Gasteiger partial charge is 0.380 e. The maximum atomic E-state index is 4.16. The Morgan fingerprint density at radius 2 is 2.00 bits per heavy atom. The topological polar surface area (TPSA) is 29.9 Å². The first-order valence-corrected chi connectivity index (χ1v) is 8.09. The molecule has 3 heteroatoms. The summed E-state index contributed by atoms with van der Waals surface area (Å²) in [5.41, 5.74) is 2.40. The van der Waals surface area contributed by atoms with Crippen LogP contribution in [-0.2, 0) is 0 Å². The summed E-state index contributed by atoms with van der Waals surface area (Å²) in [4.78, 5) is 4.16. The van der Waals surface area contributed by atoms with Crippen molar-refractivity contribution in [2.45, 2.75) is 45.6 Å². The van der Waals surface area contributed by atoms with Crippen molar-refractivity contribution < 1.29 is 0 Å². The molecule has 0 aliphatic heterocycles. The van der Waals surface area contributed by atoms with E-state index < -0.39 is 0 Å². The Balaban J connectivity index is 1.84. The quantitative estimate of drug-likeness (QED) is 0.895. The van der Waals surface area contributed by atoms with Gasteiger partial charge in [0.2, 0.25) is 0 Å². The highest BCUT2D eigenvalue weighted by Gasteiger charge is 2.27. The van der Waals surface area contributed by atoms with Gasteiger partial charge in [0.25, 0.3) is 0 Å². The summed E-state index contributed by atoms with van der Waals surface area (Å²) in [6, 6.07) is 9.11. The first kappa shape index (κ1) is 14.2. The number of hydrogen-bond acceptors (Lipinski definition) is 2. The van der Waals surface area contributed by atoms with Gasteiger partial charge in [-0.05, 0) is 36.8 Å². The van der Waals surface area contributed by atoms with E-state index in [4.69, 9.17) is 0 Å². The number of nitrogens with one attached hydrogen (secondary N) is 1. The molecule has 1 aromatic heterocycles. The van der Waals surface area contributed by atoms with Gasteiger partial charge in [0, 0.05) is 18.4 Å². The first-order valence-electron chi connectivity index (χ1n) is 8.09. The second kappa shape index (κ2) is 6.33. The molecule has 1 aromatic carbocycles. The Kier molecular flexibility index (Phi) is 4.28. The summed E-state index contributed by atoms with van der Waals surface area (Å²) < 4.78 is 2.08. The Morgan fingerprint density at radius 3 is 2.76 bits per heavy atom. The lowest BCUT2D eigenvalue weighted by Gasteiger charge is -2.36. The van der Waals surface area contributed by atoms with E-state index in [1.165, 1.54) is 37.1 Å². The molecular weight excluding hydrogens is 258 g/mol. The standard InChI is InChI=1S/C18H25N3/c1-14(2)15-7-3-4-8-16(15)20-17-9-5-6-10-18(17)21-12-11-19-13-21/h5-6,9-16,20H,3-4,7-8H2,1-2H3. The van der Waals surface area contributed by atoms with Crippen LogP contribution in [0.25, 0.3) is 5.69 Å². The second-order valence-electron chi connectivity index (χ2n) is 6.43. The summed E-state index contributed by atoms with van der Waals surface area (Å²) in [5.74, 6) is 1.51. The lowest BCUT2D eigenvalue weighted by atomic mass is 9.77. The average Bonchev–Trinajstić information content (AvgIpc) is 3.02. The van der Waals surface area contributed by atoms with E-state index in [2.05, 4.69) is 53.0 Å². The van der Waals surface area contributed by atoms with Crippen molar-refractivity contribution in [3.8, 4) is 5.69 Å². The fraction of sp³-hybridized carbons (Fsp3) is 0.500. The van der Waals surface area contributed by atoms with Crippen LogP contribution in [0.1, 0.15) is 39.5 Å². The number of nitrogens with zero attached hydrogens (tertiary/aromatic N) is 2.